The molecule has 164 valence electrons. The summed E-state index contributed by atoms with van der Waals surface area (Å²) in [5, 5.41) is 2.90. The minimum absolute atomic E-state index is 0.110. The van der Waals surface area contributed by atoms with Crippen LogP contribution in [0.2, 0.25) is 0 Å². The van der Waals surface area contributed by atoms with Gasteiger partial charge in [0.05, 0.1) is 17.1 Å². The van der Waals surface area contributed by atoms with Gasteiger partial charge in [-0.3, -0.25) is 9.79 Å². The maximum absolute atomic E-state index is 14.6. The number of allylic oxidation sites excluding steroid dienone is 4. The van der Waals surface area contributed by atoms with E-state index in [1.165, 1.54) is 0 Å². The maximum Gasteiger partial charge on any atom is 0.265 e. The summed E-state index contributed by atoms with van der Waals surface area (Å²) in [5.41, 5.74) is 3.66. The van der Waals surface area contributed by atoms with Crippen molar-refractivity contribution < 1.29 is 9.18 Å². The summed E-state index contributed by atoms with van der Waals surface area (Å²) in [7, 11) is 4.00. The predicted molar refractivity (Wildman–Crippen MR) is 122 cm³/mol. The molecule has 1 saturated heterocycles. The number of fused-ring (bicyclic) bond motifs is 1. The maximum atomic E-state index is 14.6. The Labute approximate surface area is 179 Å². The van der Waals surface area contributed by atoms with E-state index in [0.717, 1.165) is 31.4 Å². The van der Waals surface area contributed by atoms with Gasteiger partial charge in [-0.1, -0.05) is 12.7 Å². The van der Waals surface area contributed by atoms with Gasteiger partial charge in [0, 0.05) is 25.7 Å². The first-order chi connectivity index (χ1) is 14.3. The lowest BCUT2D eigenvalue weighted by molar-refractivity contribution is -0.114. The Morgan fingerprint density at radius 1 is 1.37 bits per heavy atom. The topological polar surface area (TPSA) is 60.3 Å². The molecule has 0 radical (unpaired) electrons. The highest BCUT2D eigenvalue weighted by Crippen LogP contribution is 2.40. The molecule has 0 aromatic heterocycles. The van der Waals surface area contributed by atoms with Crippen LogP contribution in [0.5, 0.6) is 0 Å². The summed E-state index contributed by atoms with van der Waals surface area (Å²) in [5.74, 6) is -0.334. The van der Waals surface area contributed by atoms with Crippen LogP contribution >= 0.6 is 0 Å². The van der Waals surface area contributed by atoms with E-state index in [2.05, 4.69) is 32.9 Å². The van der Waals surface area contributed by atoms with E-state index >= 15 is 0 Å². The minimum atomic E-state index is -0.225. The van der Waals surface area contributed by atoms with E-state index in [-0.39, 0.29) is 11.7 Å². The van der Waals surface area contributed by atoms with Gasteiger partial charge in [-0.15, -0.1) is 0 Å². The molecule has 6 nitrogen and oxygen atoms in total. The number of aliphatic imine (C=N–C) groups is 2. The summed E-state index contributed by atoms with van der Waals surface area (Å²) in [6, 6.07) is 0. The summed E-state index contributed by atoms with van der Waals surface area (Å²) in [6.45, 7) is 11.6. The predicted octanol–water partition coefficient (Wildman–Crippen LogP) is 3.96. The third kappa shape index (κ3) is 5.98. The molecule has 0 spiro atoms. The largest absolute Gasteiger partial charge is 0.351 e. The fourth-order valence-electron chi connectivity index (χ4n) is 3.60. The van der Waals surface area contributed by atoms with Crippen molar-refractivity contribution in [3.05, 3.63) is 46.8 Å². The zero-order valence-corrected chi connectivity index (χ0v) is 18.9. The van der Waals surface area contributed by atoms with Crippen molar-refractivity contribution in [2.75, 3.05) is 33.7 Å². The number of carbonyl (C=O) groups excluding carboxylic acids is 1. The van der Waals surface area contributed by atoms with Crippen LogP contribution in [-0.4, -0.2) is 61.4 Å². The van der Waals surface area contributed by atoms with Gasteiger partial charge in [0.1, 0.15) is 17.2 Å². The first-order valence-corrected chi connectivity index (χ1v) is 10.5. The summed E-state index contributed by atoms with van der Waals surface area (Å²) in [4.78, 5) is 25.3. The van der Waals surface area contributed by atoms with Crippen molar-refractivity contribution in [2.24, 2.45) is 9.98 Å². The van der Waals surface area contributed by atoms with Gasteiger partial charge in [-0.2, -0.15) is 0 Å². The molecule has 1 aliphatic heterocycles. The van der Waals surface area contributed by atoms with Crippen LogP contribution in [-0.2, 0) is 4.79 Å². The minimum Gasteiger partial charge on any atom is -0.351 e. The Bertz CT molecular complexity index is 833. The number of likely N-dealkylation sites (tertiary alicyclic amines) is 1. The molecule has 1 N–H and O–H groups in total. The fourth-order valence-corrected chi connectivity index (χ4v) is 3.60. The molecule has 0 unspecified atom stereocenters. The zero-order valence-electron chi connectivity index (χ0n) is 18.9. The van der Waals surface area contributed by atoms with Crippen molar-refractivity contribution in [3.63, 3.8) is 0 Å². The summed E-state index contributed by atoms with van der Waals surface area (Å²) >= 11 is 0. The van der Waals surface area contributed by atoms with Gasteiger partial charge in [0.15, 0.2) is 0 Å². The second-order valence-corrected chi connectivity index (χ2v) is 7.80. The molecule has 7 heteroatoms. The van der Waals surface area contributed by atoms with Crippen molar-refractivity contribution >= 4 is 17.8 Å². The van der Waals surface area contributed by atoms with Crippen molar-refractivity contribution in [1.29, 1.82) is 0 Å². The highest BCUT2D eigenvalue weighted by molar-refractivity contribution is 6.38. The number of nitrogens with zero attached hydrogens (tertiary/aromatic N) is 4. The lowest BCUT2D eigenvalue weighted by Gasteiger charge is -2.25. The van der Waals surface area contributed by atoms with Crippen molar-refractivity contribution in [3.8, 4) is 0 Å². The molecular formula is C23H34FN5O. The van der Waals surface area contributed by atoms with Crippen LogP contribution in [0.1, 0.15) is 46.5 Å². The molecule has 2 aliphatic rings. The van der Waals surface area contributed by atoms with Crippen LogP contribution in [0.3, 0.4) is 0 Å². The SMILES string of the molecule is C=C(C(/N=C(\C)C(=O)NCCCN(C)C)=C(C)\N=C/C)N1CCC2=CCCC(F)=C21. The first-order valence-electron chi connectivity index (χ1n) is 10.5. The van der Waals surface area contributed by atoms with E-state index in [1.54, 1.807) is 13.1 Å². The molecule has 0 atom stereocenters. The lowest BCUT2D eigenvalue weighted by Crippen LogP contribution is -2.32. The van der Waals surface area contributed by atoms with Crippen LogP contribution in [0.15, 0.2) is 56.8 Å². The molecule has 1 fully saturated rings. The van der Waals surface area contributed by atoms with Gasteiger partial charge in [-0.25, -0.2) is 9.38 Å². The number of hydrogen-bond acceptors (Lipinski definition) is 5. The summed E-state index contributed by atoms with van der Waals surface area (Å²) in [6.07, 6.45) is 6.55. The Morgan fingerprint density at radius 2 is 2.10 bits per heavy atom. The average Bonchev–Trinajstić information content (AvgIpc) is 3.14. The van der Waals surface area contributed by atoms with Crippen LogP contribution in [0.4, 0.5) is 4.39 Å². The van der Waals surface area contributed by atoms with E-state index in [1.807, 2.05) is 32.8 Å². The molecule has 30 heavy (non-hydrogen) atoms. The van der Waals surface area contributed by atoms with Gasteiger partial charge < -0.3 is 15.1 Å². The van der Waals surface area contributed by atoms with Gasteiger partial charge in [-0.05, 0) is 66.2 Å². The fraction of sp³-hybridized carbons (Fsp3) is 0.522. The number of halogens is 1. The highest BCUT2D eigenvalue weighted by Gasteiger charge is 2.31. The lowest BCUT2D eigenvalue weighted by atomic mass is 10.0. The molecule has 1 aliphatic carbocycles. The highest BCUT2D eigenvalue weighted by atomic mass is 19.1. The Hall–Kier alpha value is -2.54. The van der Waals surface area contributed by atoms with Gasteiger partial charge >= 0.3 is 0 Å². The van der Waals surface area contributed by atoms with Crippen molar-refractivity contribution in [1.82, 2.24) is 15.1 Å². The van der Waals surface area contributed by atoms with E-state index in [0.29, 0.717) is 48.0 Å². The van der Waals surface area contributed by atoms with Gasteiger partial charge in [0.25, 0.3) is 5.91 Å². The van der Waals surface area contributed by atoms with Crippen LogP contribution in [0, 0.1) is 0 Å². The second kappa shape index (κ2) is 11.0. The van der Waals surface area contributed by atoms with E-state index in [9.17, 15) is 9.18 Å². The Kier molecular flexibility index (Phi) is 8.72. The molecule has 0 aromatic rings. The number of hydrogen-bond donors (Lipinski definition) is 1. The molecular weight excluding hydrogens is 381 g/mol. The molecule has 0 saturated carbocycles. The molecule has 0 aromatic carbocycles. The number of rotatable bonds is 9. The second-order valence-electron chi connectivity index (χ2n) is 7.80. The number of nitrogens with one attached hydrogen (secondary N) is 1. The molecule has 1 heterocycles. The summed E-state index contributed by atoms with van der Waals surface area (Å²) < 4.78 is 14.6. The first kappa shape index (κ1) is 23.7. The third-order valence-electron chi connectivity index (χ3n) is 5.13. The van der Waals surface area contributed by atoms with E-state index < -0.39 is 0 Å². The van der Waals surface area contributed by atoms with Crippen LogP contribution in [0.25, 0.3) is 0 Å². The smallest absolute Gasteiger partial charge is 0.265 e. The monoisotopic (exact) mass is 415 g/mol. The Balaban J connectivity index is 2.24. The number of carbonyl (C=O) groups is 1. The quantitative estimate of drug-likeness (QED) is 0.352. The van der Waals surface area contributed by atoms with Crippen molar-refractivity contribution in [2.45, 2.75) is 46.5 Å². The Morgan fingerprint density at radius 3 is 2.77 bits per heavy atom. The standard InChI is InChI=1S/C23H34FN5O/c1-7-25-16(2)21(27-17(3)23(30)26-13-9-14-28(5)6)18(4)29-15-12-19-10-8-11-20(24)22(19)29/h7,10H,4,8-9,11-15H2,1-3,5-6H3,(H,26,30)/b21-16+,25-7-,27-17+. The third-order valence-corrected chi connectivity index (χ3v) is 5.13. The zero-order chi connectivity index (χ0) is 22.3. The molecule has 2 rings (SSSR count). The van der Waals surface area contributed by atoms with E-state index in [4.69, 9.17) is 0 Å². The molecule has 1 amide bonds. The average molecular weight is 416 g/mol. The normalized spacial score (nSPS) is 18.0. The van der Waals surface area contributed by atoms with Gasteiger partial charge in [0.2, 0.25) is 0 Å². The number of amides is 1. The molecule has 0 bridgehead atoms. The van der Waals surface area contributed by atoms with Crippen LogP contribution < -0.4 is 5.32 Å².